The van der Waals surface area contributed by atoms with Gasteiger partial charge < -0.3 is 10.2 Å². The highest BCUT2D eigenvalue weighted by Gasteiger charge is 2.16. The quantitative estimate of drug-likeness (QED) is 0.231. The average molecular weight is 371 g/mol. The summed E-state index contributed by atoms with van der Waals surface area (Å²) >= 11 is 0. The van der Waals surface area contributed by atoms with E-state index in [4.69, 9.17) is 5.11 Å². The normalized spacial score (nSPS) is 12.2. The van der Waals surface area contributed by atoms with Crippen LogP contribution >= 0.6 is 0 Å². The van der Waals surface area contributed by atoms with Crippen LogP contribution in [-0.4, -0.2) is 22.2 Å². The molecular formula is C22H42O4. The SMILES string of the molecule is CCCCCCCCCCCCCCCCC(CCCC(=O)O)C(=O)O. The molecule has 0 aliphatic rings. The minimum Gasteiger partial charge on any atom is -0.481 e. The third kappa shape index (κ3) is 17.8. The molecule has 0 bridgehead atoms. The van der Waals surface area contributed by atoms with Gasteiger partial charge >= 0.3 is 11.9 Å². The summed E-state index contributed by atoms with van der Waals surface area (Å²) in [6.07, 6.45) is 19.9. The van der Waals surface area contributed by atoms with E-state index >= 15 is 0 Å². The van der Waals surface area contributed by atoms with Gasteiger partial charge in [-0.15, -0.1) is 0 Å². The predicted octanol–water partition coefficient (Wildman–Crippen LogP) is 6.81. The van der Waals surface area contributed by atoms with Crippen LogP contribution in [0.25, 0.3) is 0 Å². The number of rotatable bonds is 20. The van der Waals surface area contributed by atoms with Crippen molar-refractivity contribution in [2.45, 2.75) is 122 Å². The Balaban J connectivity index is 3.37. The summed E-state index contributed by atoms with van der Waals surface area (Å²) in [5.74, 6) is -1.98. The highest BCUT2D eigenvalue weighted by atomic mass is 16.4. The molecule has 0 spiro atoms. The number of carboxylic acid groups (broad SMARTS) is 2. The third-order valence-corrected chi connectivity index (χ3v) is 5.20. The van der Waals surface area contributed by atoms with Crippen LogP contribution in [0.5, 0.6) is 0 Å². The zero-order valence-electron chi connectivity index (χ0n) is 17.0. The van der Waals surface area contributed by atoms with E-state index in [0.29, 0.717) is 19.3 Å². The molecular weight excluding hydrogens is 328 g/mol. The molecule has 0 saturated heterocycles. The number of aliphatic carboxylic acids is 2. The Hall–Kier alpha value is -1.06. The number of unbranched alkanes of at least 4 members (excludes halogenated alkanes) is 13. The Labute approximate surface area is 160 Å². The summed E-state index contributed by atoms with van der Waals surface area (Å²) in [6, 6.07) is 0. The van der Waals surface area contributed by atoms with Crippen molar-refractivity contribution in [1.29, 1.82) is 0 Å². The van der Waals surface area contributed by atoms with Crippen molar-refractivity contribution >= 4 is 11.9 Å². The fraction of sp³-hybridized carbons (Fsp3) is 0.909. The van der Waals surface area contributed by atoms with Gasteiger partial charge in [0.2, 0.25) is 0 Å². The highest BCUT2D eigenvalue weighted by Crippen LogP contribution is 2.19. The molecule has 0 aromatic heterocycles. The van der Waals surface area contributed by atoms with Crippen LogP contribution < -0.4 is 0 Å². The van der Waals surface area contributed by atoms with Crippen LogP contribution in [0.2, 0.25) is 0 Å². The lowest BCUT2D eigenvalue weighted by Crippen LogP contribution is -2.14. The molecule has 0 amide bonds. The van der Waals surface area contributed by atoms with Crippen LogP contribution in [0.1, 0.15) is 122 Å². The molecule has 1 unspecified atom stereocenters. The molecule has 2 N–H and O–H groups in total. The molecule has 0 aliphatic carbocycles. The lowest BCUT2D eigenvalue weighted by Gasteiger charge is -2.11. The minimum absolute atomic E-state index is 0.0719. The van der Waals surface area contributed by atoms with Crippen LogP contribution in [0.3, 0.4) is 0 Å². The molecule has 4 nitrogen and oxygen atoms in total. The molecule has 1 atom stereocenters. The number of carboxylic acids is 2. The molecule has 0 aromatic carbocycles. The third-order valence-electron chi connectivity index (χ3n) is 5.20. The van der Waals surface area contributed by atoms with Gasteiger partial charge in [0.1, 0.15) is 0 Å². The van der Waals surface area contributed by atoms with Crippen LogP contribution in [-0.2, 0) is 9.59 Å². The lowest BCUT2D eigenvalue weighted by molar-refractivity contribution is -0.143. The smallest absolute Gasteiger partial charge is 0.306 e. The molecule has 0 aliphatic heterocycles. The van der Waals surface area contributed by atoms with E-state index < -0.39 is 11.9 Å². The Kier molecular flexibility index (Phi) is 18.0. The maximum Gasteiger partial charge on any atom is 0.306 e. The maximum atomic E-state index is 11.2. The second kappa shape index (κ2) is 18.7. The average Bonchev–Trinajstić information content (AvgIpc) is 2.60. The minimum atomic E-state index is -0.842. The molecule has 0 aromatic rings. The largest absolute Gasteiger partial charge is 0.481 e. The van der Waals surface area contributed by atoms with Gasteiger partial charge in [-0.2, -0.15) is 0 Å². The molecule has 154 valence electrons. The van der Waals surface area contributed by atoms with Crippen molar-refractivity contribution < 1.29 is 19.8 Å². The first-order chi connectivity index (χ1) is 12.6. The lowest BCUT2D eigenvalue weighted by atomic mass is 9.95. The van der Waals surface area contributed by atoms with Gasteiger partial charge in [-0.25, -0.2) is 0 Å². The first-order valence-electron chi connectivity index (χ1n) is 11.0. The van der Waals surface area contributed by atoms with E-state index in [1.54, 1.807) is 0 Å². The van der Waals surface area contributed by atoms with E-state index in [2.05, 4.69) is 6.92 Å². The number of hydrogen-bond donors (Lipinski definition) is 2. The van der Waals surface area contributed by atoms with Gasteiger partial charge in [-0.1, -0.05) is 96.8 Å². The van der Waals surface area contributed by atoms with Crippen molar-refractivity contribution in [3.05, 3.63) is 0 Å². The van der Waals surface area contributed by atoms with Crippen molar-refractivity contribution in [2.24, 2.45) is 5.92 Å². The molecule has 0 rings (SSSR count). The first kappa shape index (κ1) is 24.9. The van der Waals surface area contributed by atoms with Gasteiger partial charge in [-0.05, 0) is 19.3 Å². The summed E-state index contributed by atoms with van der Waals surface area (Å²) in [6.45, 7) is 2.26. The Morgan fingerprint density at radius 3 is 1.38 bits per heavy atom. The zero-order valence-corrected chi connectivity index (χ0v) is 17.0. The summed E-state index contributed by atoms with van der Waals surface area (Å²) in [4.78, 5) is 21.7. The summed E-state index contributed by atoms with van der Waals surface area (Å²) in [7, 11) is 0. The van der Waals surface area contributed by atoms with Gasteiger partial charge in [0.05, 0.1) is 5.92 Å². The van der Waals surface area contributed by atoms with Gasteiger partial charge in [-0.3, -0.25) is 9.59 Å². The topological polar surface area (TPSA) is 74.6 Å². The molecule has 0 saturated carbocycles. The number of carbonyl (C=O) groups is 2. The van der Waals surface area contributed by atoms with Crippen molar-refractivity contribution in [2.75, 3.05) is 0 Å². The van der Waals surface area contributed by atoms with Crippen LogP contribution in [0, 0.1) is 5.92 Å². The monoisotopic (exact) mass is 370 g/mol. The van der Waals surface area contributed by atoms with Gasteiger partial charge in [0, 0.05) is 6.42 Å². The Bertz CT molecular complexity index is 341. The van der Waals surface area contributed by atoms with Gasteiger partial charge in [0.25, 0.3) is 0 Å². The zero-order chi connectivity index (χ0) is 19.5. The molecule has 0 radical (unpaired) electrons. The van der Waals surface area contributed by atoms with Crippen molar-refractivity contribution in [3.8, 4) is 0 Å². The number of hydrogen-bond acceptors (Lipinski definition) is 2. The van der Waals surface area contributed by atoms with E-state index in [0.717, 1.165) is 12.8 Å². The van der Waals surface area contributed by atoms with E-state index in [1.807, 2.05) is 0 Å². The second-order valence-corrected chi connectivity index (χ2v) is 7.71. The van der Waals surface area contributed by atoms with Gasteiger partial charge in [0.15, 0.2) is 0 Å². The van der Waals surface area contributed by atoms with Crippen LogP contribution in [0.15, 0.2) is 0 Å². The summed E-state index contributed by atoms with van der Waals surface area (Å²) in [5.41, 5.74) is 0. The Morgan fingerprint density at radius 2 is 1.00 bits per heavy atom. The predicted molar refractivity (Wildman–Crippen MR) is 108 cm³/mol. The standard InChI is InChI=1S/C22H42O4/c1-2-3-4-5-6-7-8-9-10-11-12-13-14-15-17-20(22(25)26)18-16-19-21(23)24/h20H,2-19H2,1H3,(H,23,24)(H,25,26). The second-order valence-electron chi connectivity index (χ2n) is 7.71. The first-order valence-corrected chi connectivity index (χ1v) is 11.0. The van der Waals surface area contributed by atoms with Crippen molar-refractivity contribution in [3.63, 3.8) is 0 Å². The Morgan fingerprint density at radius 1 is 0.615 bits per heavy atom. The fourth-order valence-corrected chi connectivity index (χ4v) is 3.48. The summed E-state index contributed by atoms with van der Waals surface area (Å²) < 4.78 is 0. The van der Waals surface area contributed by atoms with E-state index in [-0.39, 0.29) is 12.3 Å². The molecule has 4 heteroatoms. The van der Waals surface area contributed by atoms with Crippen molar-refractivity contribution in [1.82, 2.24) is 0 Å². The molecule has 0 fully saturated rings. The highest BCUT2D eigenvalue weighted by molar-refractivity contribution is 5.70. The fourth-order valence-electron chi connectivity index (χ4n) is 3.48. The van der Waals surface area contributed by atoms with E-state index in [1.165, 1.54) is 77.0 Å². The van der Waals surface area contributed by atoms with Crippen LogP contribution in [0.4, 0.5) is 0 Å². The molecule has 26 heavy (non-hydrogen) atoms. The van der Waals surface area contributed by atoms with E-state index in [9.17, 15) is 14.7 Å². The maximum absolute atomic E-state index is 11.2. The molecule has 0 heterocycles. The summed E-state index contributed by atoms with van der Waals surface area (Å²) in [5, 5.41) is 17.8.